The lowest BCUT2D eigenvalue weighted by Gasteiger charge is -2.29. The van der Waals surface area contributed by atoms with Gasteiger partial charge >= 0.3 is 17.0 Å². The summed E-state index contributed by atoms with van der Waals surface area (Å²) in [5, 5.41) is 1.46. The molecular formula is C30H22F3N3O7S2. The minimum Gasteiger partial charge on any atom is -0.469 e. The van der Waals surface area contributed by atoms with Gasteiger partial charge in [0.1, 0.15) is 17.6 Å². The Labute approximate surface area is 260 Å². The summed E-state index contributed by atoms with van der Waals surface area (Å²) in [4.78, 5) is 66.8. The Morgan fingerprint density at radius 1 is 1.00 bits per heavy atom. The first kappa shape index (κ1) is 30.4. The van der Waals surface area contributed by atoms with E-state index in [1.54, 1.807) is 19.1 Å². The number of hydrogen-bond acceptors (Lipinski definition) is 9. The van der Waals surface area contributed by atoms with Crippen LogP contribution in [-0.4, -0.2) is 40.1 Å². The zero-order valence-corrected chi connectivity index (χ0v) is 24.8. The van der Waals surface area contributed by atoms with Crippen LogP contribution in [0, 0.1) is 5.92 Å². The number of para-hydroxylation sites is 1. The van der Waals surface area contributed by atoms with Crippen molar-refractivity contribution in [2.75, 3.05) is 16.8 Å². The van der Waals surface area contributed by atoms with Gasteiger partial charge in [-0.15, -0.1) is 0 Å². The highest BCUT2D eigenvalue weighted by atomic mass is 32.2. The van der Waals surface area contributed by atoms with Crippen LogP contribution in [0.25, 0.3) is 0 Å². The van der Waals surface area contributed by atoms with Crippen LogP contribution in [0.4, 0.5) is 24.5 Å². The van der Waals surface area contributed by atoms with Gasteiger partial charge in [-0.3, -0.25) is 23.7 Å². The van der Waals surface area contributed by atoms with Crippen molar-refractivity contribution in [2.45, 2.75) is 35.8 Å². The highest BCUT2D eigenvalue weighted by Gasteiger charge is 2.57. The van der Waals surface area contributed by atoms with Crippen molar-refractivity contribution in [1.29, 1.82) is 0 Å². The fourth-order valence-corrected chi connectivity index (χ4v) is 8.17. The van der Waals surface area contributed by atoms with Crippen LogP contribution in [0.5, 0.6) is 0 Å². The van der Waals surface area contributed by atoms with Gasteiger partial charge in [-0.25, -0.2) is 9.69 Å². The molecule has 3 amide bonds. The molecule has 0 aliphatic carbocycles. The fourth-order valence-electron chi connectivity index (χ4n) is 5.42. The molecule has 0 saturated carbocycles. The third-order valence-corrected chi connectivity index (χ3v) is 9.95. The maximum atomic E-state index is 13.9. The molecule has 10 nitrogen and oxygen atoms in total. The molecule has 2 aliphatic heterocycles. The van der Waals surface area contributed by atoms with Crippen LogP contribution >= 0.6 is 23.1 Å². The smallest absolute Gasteiger partial charge is 0.418 e. The topological polar surface area (TPSA) is 128 Å². The van der Waals surface area contributed by atoms with E-state index >= 15 is 0 Å². The van der Waals surface area contributed by atoms with Gasteiger partial charge in [0, 0.05) is 0 Å². The number of amides is 3. The maximum absolute atomic E-state index is 13.9. The van der Waals surface area contributed by atoms with Gasteiger partial charge in [0.05, 0.1) is 57.1 Å². The van der Waals surface area contributed by atoms with E-state index in [9.17, 15) is 37.1 Å². The molecular weight excluding hydrogens is 635 g/mol. The summed E-state index contributed by atoms with van der Waals surface area (Å²) in [5.41, 5.74) is -1.04. The van der Waals surface area contributed by atoms with Gasteiger partial charge in [-0.05, 0) is 55.5 Å². The zero-order valence-electron chi connectivity index (χ0n) is 23.2. The van der Waals surface area contributed by atoms with Crippen molar-refractivity contribution < 1.29 is 41.5 Å². The molecule has 0 spiro atoms. The SMILES string of the molecule is CCOC(=O)c1ccc(N2C(=O)C3Sc4c(sc(=O)n4CC(=O)Nc4ccccc4C(F)(F)F)[C@H](c4ccco4)C3C2=O)cc1. The second-order valence-electron chi connectivity index (χ2n) is 10.1. The van der Waals surface area contributed by atoms with Gasteiger partial charge < -0.3 is 14.5 Å². The van der Waals surface area contributed by atoms with Gasteiger partial charge in [-0.2, -0.15) is 13.2 Å². The van der Waals surface area contributed by atoms with E-state index in [-0.39, 0.29) is 22.9 Å². The number of ether oxygens (including phenoxy) is 1. The Morgan fingerprint density at radius 3 is 2.40 bits per heavy atom. The Balaban J connectivity index is 1.33. The number of carbonyl (C=O) groups excluding carboxylic acids is 4. The minimum atomic E-state index is -4.72. The molecule has 4 heterocycles. The summed E-state index contributed by atoms with van der Waals surface area (Å²) in [6.45, 7) is 1.21. The molecule has 1 fully saturated rings. The van der Waals surface area contributed by atoms with Crippen LogP contribution in [0.3, 0.4) is 0 Å². The van der Waals surface area contributed by atoms with Gasteiger partial charge in [-0.1, -0.05) is 35.2 Å². The molecule has 3 atom stereocenters. The Bertz CT molecular complexity index is 1870. The predicted octanol–water partition coefficient (Wildman–Crippen LogP) is 5.13. The van der Waals surface area contributed by atoms with E-state index < -0.39 is 69.6 Å². The number of furan rings is 1. The molecule has 1 saturated heterocycles. The normalized spacial score (nSPS) is 19.3. The molecule has 6 rings (SSSR count). The van der Waals surface area contributed by atoms with E-state index in [1.165, 1.54) is 42.7 Å². The zero-order chi connectivity index (χ0) is 32.0. The average molecular weight is 658 g/mol. The number of rotatable bonds is 7. The van der Waals surface area contributed by atoms with Crippen molar-refractivity contribution in [2.24, 2.45) is 5.92 Å². The van der Waals surface area contributed by atoms with Crippen molar-refractivity contribution in [1.82, 2.24) is 4.57 Å². The maximum Gasteiger partial charge on any atom is 0.418 e. The number of carbonyl (C=O) groups is 4. The highest BCUT2D eigenvalue weighted by Crippen LogP contribution is 2.54. The molecule has 232 valence electrons. The predicted molar refractivity (Wildman–Crippen MR) is 157 cm³/mol. The first-order valence-electron chi connectivity index (χ1n) is 13.5. The Hall–Kier alpha value is -4.63. The van der Waals surface area contributed by atoms with E-state index in [4.69, 9.17) is 9.15 Å². The standard InChI is InChI=1S/C30H22F3N3O7S2/c1-2-42-28(40)15-9-11-16(12-10-15)36-25(38)22-21(19-8-5-13-43-19)24-27(44-23(22)26(36)39)35(29(41)45-24)14-20(37)34-18-7-4-3-6-17(18)30(31,32)33/h3-13,21-23H,2,14H2,1H3,(H,34,37)/t21-,22?,23?/m1/s1. The van der Waals surface area contributed by atoms with Crippen LogP contribution in [-0.2, 0) is 31.8 Å². The number of alkyl halides is 3. The van der Waals surface area contributed by atoms with Gasteiger partial charge in [0.2, 0.25) is 17.7 Å². The van der Waals surface area contributed by atoms with Crippen molar-refractivity contribution in [3.05, 3.63) is 98.4 Å². The molecule has 2 aromatic heterocycles. The number of nitrogens with zero attached hydrogens (tertiary/aromatic N) is 2. The lowest BCUT2D eigenvalue weighted by molar-refractivity contribution is -0.137. The van der Waals surface area contributed by atoms with Crippen LogP contribution < -0.4 is 15.1 Å². The first-order chi connectivity index (χ1) is 21.5. The molecule has 4 aromatic rings. The Morgan fingerprint density at radius 2 is 1.73 bits per heavy atom. The van der Waals surface area contributed by atoms with Crippen LogP contribution in [0.15, 0.2) is 81.2 Å². The number of nitrogens with one attached hydrogen (secondary N) is 1. The number of imide groups is 1. The number of fused-ring (bicyclic) bond motifs is 2. The molecule has 0 bridgehead atoms. The summed E-state index contributed by atoms with van der Waals surface area (Å²) < 4.78 is 52.2. The molecule has 2 aliphatic rings. The van der Waals surface area contributed by atoms with E-state index in [1.807, 2.05) is 0 Å². The third kappa shape index (κ3) is 5.46. The van der Waals surface area contributed by atoms with Crippen molar-refractivity contribution >= 4 is 58.2 Å². The van der Waals surface area contributed by atoms with E-state index in [2.05, 4.69) is 5.32 Å². The Kier molecular flexibility index (Phi) is 7.91. The third-order valence-electron chi connectivity index (χ3n) is 7.34. The van der Waals surface area contributed by atoms with Gasteiger partial charge in [0.25, 0.3) is 0 Å². The number of thioether (sulfide) groups is 1. The monoisotopic (exact) mass is 657 g/mol. The highest BCUT2D eigenvalue weighted by molar-refractivity contribution is 8.00. The van der Waals surface area contributed by atoms with Crippen molar-refractivity contribution in [3.8, 4) is 0 Å². The summed E-state index contributed by atoms with van der Waals surface area (Å²) in [6, 6.07) is 13.5. The second-order valence-corrected chi connectivity index (χ2v) is 12.2. The molecule has 45 heavy (non-hydrogen) atoms. The van der Waals surface area contributed by atoms with Crippen molar-refractivity contribution in [3.63, 3.8) is 0 Å². The average Bonchev–Trinajstić information content (AvgIpc) is 3.70. The molecule has 2 unspecified atom stereocenters. The molecule has 2 aromatic carbocycles. The largest absolute Gasteiger partial charge is 0.469 e. The molecule has 15 heteroatoms. The van der Waals surface area contributed by atoms with Crippen LogP contribution in [0.1, 0.15) is 39.4 Å². The summed E-state index contributed by atoms with van der Waals surface area (Å²) in [5.74, 6) is -4.05. The number of benzene rings is 2. The lowest BCUT2D eigenvalue weighted by Crippen LogP contribution is -2.32. The lowest BCUT2D eigenvalue weighted by atomic mass is 9.87. The van der Waals surface area contributed by atoms with Crippen LogP contribution in [0.2, 0.25) is 0 Å². The molecule has 0 radical (unpaired) electrons. The minimum absolute atomic E-state index is 0.177. The van der Waals surface area contributed by atoms with E-state index in [0.29, 0.717) is 10.6 Å². The number of halogens is 3. The first-order valence-corrected chi connectivity index (χ1v) is 15.2. The van der Waals surface area contributed by atoms with E-state index in [0.717, 1.165) is 44.7 Å². The number of anilines is 2. The number of aromatic nitrogens is 1. The summed E-state index contributed by atoms with van der Waals surface area (Å²) >= 11 is 1.71. The fraction of sp³-hybridized carbons (Fsp3) is 0.233. The summed E-state index contributed by atoms with van der Waals surface area (Å²) in [6.07, 6.45) is -3.33. The number of thiazole rings is 1. The second kappa shape index (κ2) is 11.7. The quantitative estimate of drug-likeness (QED) is 0.214. The number of hydrogen-bond donors (Lipinski definition) is 1. The molecule has 1 N–H and O–H groups in total. The number of esters is 1. The van der Waals surface area contributed by atoms with Gasteiger partial charge in [0.15, 0.2) is 0 Å². The summed E-state index contributed by atoms with van der Waals surface area (Å²) in [7, 11) is 0.